The highest BCUT2D eigenvalue weighted by Crippen LogP contribution is 2.15. The molecule has 1 heterocycles. The number of carbonyl (C=O) groups excluding carboxylic acids is 1. The average Bonchev–Trinajstić information content (AvgIpc) is 2.70. The van der Waals surface area contributed by atoms with Gasteiger partial charge in [0.05, 0.1) is 5.69 Å². The average molecular weight is 237 g/mol. The number of nitrogens with one attached hydrogen (secondary N) is 2. The van der Waals surface area contributed by atoms with Crippen LogP contribution in [0.4, 0.5) is 14.9 Å². The van der Waals surface area contributed by atoms with Crippen LogP contribution in [0.1, 0.15) is 5.56 Å². The summed E-state index contributed by atoms with van der Waals surface area (Å²) in [4.78, 5) is 13.0. The van der Waals surface area contributed by atoms with E-state index in [1.54, 1.807) is 17.0 Å². The van der Waals surface area contributed by atoms with Gasteiger partial charge >= 0.3 is 6.03 Å². The molecule has 92 valence electrons. The molecule has 1 saturated heterocycles. The molecule has 0 radical (unpaired) electrons. The van der Waals surface area contributed by atoms with Crippen molar-refractivity contribution in [1.82, 2.24) is 10.2 Å². The summed E-state index contributed by atoms with van der Waals surface area (Å²) in [5, 5.41) is 5.73. The zero-order valence-electron chi connectivity index (χ0n) is 9.79. The van der Waals surface area contributed by atoms with Crippen molar-refractivity contribution in [3.63, 3.8) is 0 Å². The van der Waals surface area contributed by atoms with Crippen LogP contribution in [-0.4, -0.2) is 37.1 Å². The summed E-state index contributed by atoms with van der Waals surface area (Å²) < 4.78 is 13.4. The Morgan fingerprint density at radius 1 is 1.53 bits per heavy atom. The van der Waals surface area contributed by atoms with E-state index < -0.39 is 0 Å². The van der Waals surface area contributed by atoms with Crippen molar-refractivity contribution >= 4 is 11.7 Å². The Hall–Kier alpha value is -1.78. The summed E-state index contributed by atoms with van der Waals surface area (Å²) in [6.45, 7) is 4.46. The van der Waals surface area contributed by atoms with Crippen LogP contribution < -0.4 is 10.6 Å². The van der Waals surface area contributed by atoms with Crippen LogP contribution in [0.3, 0.4) is 0 Å². The standard InChI is InChI=1S/C12H16FN3O/c1-9-2-3-10(13)11(8-9)14-4-6-16-7-5-15-12(16)17/h2-3,8,14H,4-7H2,1H3,(H,15,17). The number of hydrogen-bond donors (Lipinski definition) is 2. The monoisotopic (exact) mass is 237 g/mol. The van der Waals surface area contributed by atoms with Crippen LogP contribution in [0.15, 0.2) is 18.2 Å². The number of carbonyl (C=O) groups is 1. The van der Waals surface area contributed by atoms with Crippen LogP contribution in [0, 0.1) is 12.7 Å². The lowest BCUT2D eigenvalue weighted by atomic mass is 10.2. The summed E-state index contributed by atoms with van der Waals surface area (Å²) in [5.41, 5.74) is 1.50. The van der Waals surface area contributed by atoms with E-state index in [0.29, 0.717) is 25.3 Å². The number of hydrogen-bond acceptors (Lipinski definition) is 2. The van der Waals surface area contributed by atoms with E-state index in [1.807, 2.05) is 6.92 Å². The van der Waals surface area contributed by atoms with Gasteiger partial charge in [-0.15, -0.1) is 0 Å². The molecule has 1 aliphatic rings. The number of anilines is 1. The second-order valence-corrected chi connectivity index (χ2v) is 4.13. The number of halogens is 1. The van der Waals surface area contributed by atoms with Crippen LogP contribution in [0.25, 0.3) is 0 Å². The predicted octanol–water partition coefficient (Wildman–Crippen LogP) is 1.57. The molecule has 1 aromatic carbocycles. The topological polar surface area (TPSA) is 44.4 Å². The molecule has 5 heteroatoms. The summed E-state index contributed by atoms with van der Waals surface area (Å²) in [5.74, 6) is -0.263. The van der Waals surface area contributed by atoms with Crippen molar-refractivity contribution in [3.05, 3.63) is 29.6 Å². The van der Waals surface area contributed by atoms with Gasteiger partial charge in [0.2, 0.25) is 0 Å². The zero-order valence-corrected chi connectivity index (χ0v) is 9.79. The lowest BCUT2D eigenvalue weighted by Gasteiger charge is -2.15. The first-order valence-corrected chi connectivity index (χ1v) is 5.69. The van der Waals surface area contributed by atoms with Gasteiger partial charge in [0.1, 0.15) is 5.82 Å². The van der Waals surface area contributed by atoms with Crippen molar-refractivity contribution in [1.29, 1.82) is 0 Å². The van der Waals surface area contributed by atoms with Gasteiger partial charge in [0.25, 0.3) is 0 Å². The van der Waals surface area contributed by atoms with E-state index in [9.17, 15) is 9.18 Å². The Kier molecular flexibility index (Phi) is 3.46. The first-order valence-electron chi connectivity index (χ1n) is 5.69. The van der Waals surface area contributed by atoms with Crippen molar-refractivity contribution in [3.8, 4) is 0 Å². The molecule has 0 saturated carbocycles. The van der Waals surface area contributed by atoms with Gasteiger partial charge in [-0.05, 0) is 24.6 Å². The van der Waals surface area contributed by atoms with E-state index in [2.05, 4.69) is 10.6 Å². The Morgan fingerprint density at radius 3 is 3.06 bits per heavy atom. The summed E-state index contributed by atoms with van der Waals surface area (Å²) in [6.07, 6.45) is 0. The molecule has 2 rings (SSSR count). The summed E-state index contributed by atoms with van der Waals surface area (Å²) >= 11 is 0. The highest BCUT2D eigenvalue weighted by Gasteiger charge is 2.18. The molecule has 0 aliphatic carbocycles. The summed E-state index contributed by atoms with van der Waals surface area (Å²) in [6, 6.07) is 4.89. The number of aryl methyl sites for hydroxylation is 1. The molecular formula is C12H16FN3O. The molecule has 17 heavy (non-hydrogen) atoms. The van der Waals surface area contributed by atoms with Crippen molar-refractivity contribution in [2.75, 3.05) is 31.5 Å². The Balaban J connectivity index is 1.85. The van der Waals surface area contributed by atoms with Crippen molar-refractivity contribution in [2.45, 2.75) is 6.92 Å². The van der Waals surface area contributed by atoms with E-state index in [-0.39, 0.29) is 11.8 Å². The van der Waals surface area contributed by atoms with Crippen LogP contribution >= 0.6 is 0 Å². The largest absolute Gasteiger partial charge is 0.381 e. The molecule has 0 atom stereocenters. The Bertz CT molecular complexity index is 422. The van der Waals surface area contributed by atoms with Crippen LogP contribution in [0.5, 0.6) is 0 Å². The van der Waals surface area contributed by atoms with Gasteiger partial charge in [-0.3, -0.25) is 0 Å². The normalized spacial score (nSPS) is 14.9. The first-order chi connectivity index (χ1) is 8.16. The molecule has 1 aromatic rings. The fourth-order valence-corrected chi connectivity index (χ4v) is 1.82. The summed E-state index contributed by atoms with van der Waals surface area (Å²) in [7, 11) is 0. The third kappa shape index (κ3) is 2.87. The molecule has 0 aromatic heterocycles. The number of urea groups is 1. The van der Waals surface area contributed by atoms with Crippen molar-refractivity contribution < 1.29 is 9.18 Å². The maximum absolute atomic E-state index is 13.4. The highest BCUT2D eigenvalue weighted by atomic mass is 19.1. The van der Waals surface area contributed by atoms with Gasteiger partial charge in [0, 0.05) is 26.2 Å². The molecular weight excluding hydrogens is 221 g/mol. The Morgan fingerprint density at radius 2 is 2.35 bits per heavy atom. The zero-order chi connectivity index (χ0) is 12.3. The lowest BCUT2D eigenvalue weighted by Crippen LogP contribution is -2.32. The van der Waals surface area contributed by atoms with E-state index in [1.165, 1.54) is 6.07 Å². The molecule has 2 N–H and O–H groups in total. The quantitative estimate of drug-likeness (QED) is 0.835. The smallest absolute Gasteiger partial charge is 0.317 e. The van der Waals surface area contributed by atoms with Gasteiger partial charge in [-0.25, -0.2) is 9.18 Å². The second-order valence-electron chi connectivity index (χ2n) is 4.13. The van der Waals surface area contributed by atoms with E-state index >= 15 is 0 Å². The maximum atomic E-state index is 13.4. The van der Waals surface area contributed by atoms with E-state index in [4.69, 9.17) is 0 Å². The van der Waals surface area contributed by atoms with Crippen LogP contribution in [0.2, 0.25) is 0 Å². The lowest BCUT2D eigenvalue weighted by molar-refractivity contribution is 0.219. The van der Waals surface area contributed by atoms with Gasteiger partial charge in [-0.2, -0.15) is 0 Å². The van der Waals surface area contributed by atoms with E-state index in [0.717, 1.165) is 12.1 Å². The van der Waals surface area contributed by atoms with Gasteiger partial charge in [0.15, 0.2) is 0 Å². The van der Waals surface area contributed by atoms with Crippen molar-refractivity contribution in [2.24, 2.45) is 0 Å². The second kappa shape index (κ2) is 5.03. The fourth-order valence-electron chi connectivity index (χ4n) is 1.82. The third-order valence-corrected chi connectivity index (χ3v) is 2.76. The molecule has 1 aliphatic heterocycles. The van der Waals surface area contributed by atoms with Crippen LogP contribution in [-0.2, 0) is 0 Å². The van der Waals surface area contributed by atoms with Gasteiger partial charge < -0.3 is 15.5 Å². The highest BCUT2D eigenvalue weighted by molar-refractivity contribution is 5.76. The maximum Gasteiger partial charge on any atom is 0.317 e. The molecule has 0 spiro atoms. The minimum absolute atomic E-state index is 0.0449. The number of nitrogens with zero attached hydrogens (tertiary/aromatic N) is 1. The molecule has 0 unspecified atom stereocenters. The number of rotatable bonds is 4. The Labute approximate surface area is 99.8 Å². The molecule has 2 amide bonds. The first kappa shape index (κ1) is 11.7. The minimum Gasteiger partial charge on any atom is -0.381 e. The van der Waals surface area contributed by atoms with Gasteiger partial charge in [-0.1, -0.05) is 6.07 Å². The number of benzene rings is 1. The predicted molar refractivity (Wildman–Crippen MR) is 64.6 cm³/mol. The molecule has 1 fully saturated rings. The molecule has 0 bridgehead atoms. The fraction of sp³-hybridized carbons (Fsp3) is 0.417. The molecule has 4 nitrogen and oxygen atoms in total. The number of amides is 2. The third-order valence-electron chi connectivity index (χ3n) is 2.76. The SMILES string of the molecule is Cc1ccc(F)c(NCCN2CCNC2=O)c1. The minimum atomic E-state index is -0.263.